The zero-order chi connectivity index (χ0) is 23.6. The van der Waals surface area contributed by atoms with E-state index in [2.05, 4.69) is 15.6 Å². The van der Waals surface area contributed by atoms with Gasteiger partial charge in [-0.1, -0.05) is 30.9 Å². The third-order valence-corrected chi connectivity index (χ3v) is 6.45. The number of methoxy groups -OCH3 is 1. The molecule has 0 aliphatic heterocycles. The van der Waals surface area contributed by atoms with Crippen LogP contribution in [0.2, 0.25) is 5.02 Å². The van der Waals surface area contributed by atoms with Crippen molar-refractivity contribution in [3.8, 4) is 0 Å². The molecule has 1 heterocycles. The first-order valence-corrected chi connectivity index (χ1v) is 12.3. The second-order valence-electron chi connectivity index (χ2n) is 8.00. The Morgan fingerprint density at radius 3 is 2.58 bits per heavy atom. The summed E-state index contributed by atoms with van der Waals surface area (Å²) in [5.41, 5.74) is 1.04. The molecule has 2 N–H and O–H groups in total. The number of hydrogen-bond acceptors (Lipinski definition) is 6. The molecular weight excluding hydrogens is 464 g/mol. The summed E-state index contributed by atoms with van der Waals surface area (Å²) < 4.78 is 5.08. The van der Waals surface area contributed by atoms with E-state index in [0.717, 1.165) is 25.7 Å². The van der Waals surface area contributed by atoms with Crippen LogP contribution in [-0.2, 0) is 20.7 Å². The number of thiazole rings is 1. The van der Waals surface area contributed by atoms with Crippen LogP contribution in [0.15, 0.2) is 29.6 Å². The lowest BCUT2D eigenvalue weighted by Gasteiger charge is -2.22. The lowest BCUT2D eigenvalue weighted by atomic mass is 9.95. The quantitative estimate of drug-likeness (QED) is 0.528. The van der Waals surface area contributed by atoms with E-state index in [1.165, 1.54) is 29.8 Å². The summed E-state index contributed by atoms with van der Waals surface area (Å²) in [5.74, 6) is -0.719. The lowest BCUT2D eigenvalue weighted by molar-refractivity contribution is -0.121. The molecule has 1 saturated carbocycles. The summed E-state index contributed by atoms with van der Waals surface area (Å²) in [6.07, 6.45) is 5.77. The Kier molecular flexibility index (Phi) is 9.65. The van der Waals surface area contributed by atoms with E-state index in [0.29, 0.717) is 28.0 Å². The molecule has 1 aromatic heterocycles. The maximum Gasteiger partial charge on any atom is 0.254 e. The van der Waals surface area contributed by atoms with E-state index in [1.54, 1.807) is 29.6 Å². The topological polar surface area (TPSA) is 101 Å². The third-order valence-electron chi connectivity index (χ3n) is 5.39. The third kappa shape index (κ3) is 8.10. The van der Waals surface area contributed by atoms with Crippen molar-refractivity contribution in [3.63, 3.8) is 0 Å². The van der Waals surface area contributed by atoms with Gasteiger partial charge < -0.3 is 20.3 Å². The van der Waals surface area contributed by atoms with E-state index >= 15 is 0 Å². The lowest BCUT2D eigenvalue weighted by Crippen LogP contribution is -2.40. The molecule has 0 bridgehead atoms. The zero-order valence-electron chi connectivity index (χ0n) is 18.6. The van der Waals surface area contributed by atoms with Gasteiger partial charge in [0.25, 0.3) is 5.91 Å². The van der Waals surface area contributed by atoms with Crippen molar-refractivity contribution in [3.05, 3.63) is 45.9 Å². The molecule has 1 aliphatic rings. The van der Waals surface area contributed by atoms with Crippen molar-refractivity contribution < 1.29 is 19.1 Å². The first-order valence-electron chi connectivity index (χ1n) is 11.0. The SMILES string of the molecule is COCCN(CC(=O)Nc1nc(CC(=O)NC2CCCCC2)cs1)C(=O)c1ccc(Cl)cc1. The Bertz CT molecular complexity index is 944. The highest BCUT2D eigenvalue weighted by atomic mass is 35.5. The van der Waals surface area contributed by atoms with Gasteiger partial charge in [0.05, 0.1) is 18.7 Å². The van der Waals surface area contributed by atoms with Gasteiger partial charge in [-0.25, -0.2) is 4.98 Å². The normalized spacial score (nSPS) is 14.0. The number of rotatable bonds is 10. The fourth-order valence-electron chi connectivity index (χ4n) is 3.70. The maximum absolute atomic E-state index is 12.8. The van der Waals surface area contributed by atoms with Gasteiger partial charge in [0.15, 0.2) is 5.13 Å². The number of nitrogens with one attached hydrogen (secondary N) is 2. The average Bonchev–Trinajstić information content (AvgIpc) is 3.23. The monoisotopic (exact) mass is 492 g/mol. The summed E-state index contributed by atoms with van der Waals surface area (Å²) in [5, 5.41) is 8.47. The number of nitrogens with zero attached hydrogens (tertiary/aromatic N) is 2. The largest absolute Gasteiger partial charge is 0.383 e. The number of ether oxygens (including phenoxy) is 1. The fraction of sp³-hybridized carbons (Fsp3) is 0.478. The number of carbonyl (C=O) groups excluding carboxylic acids is 3. The average molecular weight is 493 g/mol. The summed E-state index contributed by atoms with van der Waals surface area (Å²) >= 11 is 7.15. The van der Waals surface area contributed by atoms with Crippen molar-refractivity contribution in [1.82, 2.24) is 15.2 Å². The molecule has 1 fully saturated rings. The van der Waals surface area contributed by atoms with Crippen LogP contribution in [0.3, 0.4) is 0 Å². The van der Waals surface area contributed by atoms with Crippen LogP contribution >= 0.6 is 22.9 Å². The van der Waals surface area contributed by atoms with Crippen LogP contribution in [0.5, 0.6) is 0 Å². The molecule has 0 atom stereocenters. The Hall–Kier alpha value is -2.49. The predicted molar refractivity (Wildman–Crippen MR) is 129 cm³/mol. The first-order chi connectivity index (χ1) is 15.9. The molecule has 1 aliphatic carbocycles. The molecule has 33 heavy (non-hydrogen) atoms. The maximum atomic E-state index is 12.8. The van der Waals surface area contributed by atoms with Crippen molar-refractivity contribution in [2.24, 2.45) is 0 Å². The minimum absolute atomic E-state index is 0.0515. The van der Waals surface area contributed by atoms with Crippen molar-refractivity contribution in [2.45, 2.75) is 44.6 Å². The molecule has 0 unspecified atom stereocenters. The van der Waals surface area contributed by atoms with Gasteiger partial charge in [-0.3, -0.25) is 14.4 Å². The van der Waals surface area contributed by atoms with Crippen LogP contribution in [0, 0.1) is 0 Å². The van der Waals surface area contributed by atoms with Gasteiger partial charge in [0.1, 0.15) is 6.54 Å². The number of hydrogen-bond donors (Lipinski definition) is 2. The van der Waals surface area contributed by atoms with Gasteiger partial charge in [-0.05, 0) is 37.1 Å². The molecular formula is C23H29ClN4O4S. The summed E-state index contributed by atoms with van der Waals surface area (Å²) in [6.45, 7) is 0.405. The first kappa shape index (κ1) is 25.1. The number of carbonyl (C=O) groups is 3. The van der Waals surface area contributed by atoms with Crippen LogP contribution in [0.25, 0.3) is 0 Å². The van der Waals surface area contributed by atoms with E-state index in [4.69, 9.17) is 16.3 Å². The predicted octanol–water partition coefficient (Wildman–Crippen LogP) is 3.52. The Morgan fingerprint density at radius 1 is 1.15 bits per heavy atom. The Balaban J connectivity index is 1.53. The number of benzene rings is 1. The Morgan fingerprint density at radius 2 is 1.88 bits per heavy atom. The van der Waals surface area contributed by atoms with Gasteiger partial charge in [-0.15, -0.1) is 11.3 Å². The molecule has 0 radical (unpaired) electrons. The van der Waals surface area contributed by atoms with Crippen LogP contribution in [0.4, 0.5) is 5.13 Å². The zero-order valence-corrected chi connectivity index (χ0v) is 20.2. The van der Waals surface area contributed by atoms with Crippen LogP contribution < -0.4 is 10.6 Å². The highest BCUT2D eigenvalue weighted by Gasteiger charge is 2.20. The van der Waals surface area contributed by atoms with Gasteiger partial charge in [-0.2, -0.15) is 0 Å². The Labute approximate surface area is 202 Å². The van der Waals surface area contributed by atoms with Crippen LogP contribution in [-0.4, -0.2) is 60.5 Å². The summed E-state index contributed by atoms with van der Waals surface area (Å²) in [4.78, 5) is 43.5. The minimum Gasteiger partial charge on any atom is -0.383 e. The van der Waals surface area contributed by atoms with E-state index in [1.807, 2.05) is 0 Å². The van der Waals surface area contributed by atoms with Gasteiger partial charge in [0.2, 0.25) is 11.8 Å². The molecule has 3 rings (SSSR count). The molecule has 8 nitrogen and oxygen atoms in total. The molecule has 0 saturated heterocycles. The number of aromatic nitrogens is 1. The number of anilines is 1. The van der Waals surface area contributed by atoms with Gasteiger partial charge >= 0.3 is 0 Å². The highest BCUT2D eigenvalue weighted by Crippen LogP contribution is 2.19. The van der Waals surface area contributed by atoms with Gasteiger partial charge in [0, 0.05) is 35.7 Å². The van der Waals surface area contributed by atoms with Crippen LogP contribution in [0.1, 0.15) is 48.2 Å². The molecule has 0 spiro atoms. The second kappa shape index (κ2) is 12.7. The molecule has 10 heteroatoms. The van der Waals surface area contributed by atoms with E-state index < -0.39 is 0 Å². The van der Waals surface area contributed by atoms with Crippen molar-refractivity contribution in [2.75, 3.05) is 32.1 Å². The minimum atomic E-state index is -0.374. The number of amides is 3. The van der Waals surface area contributed by atoms with E-state index in [9.17, 15) is 14.4 Å². The number of halogens is 1. The van der Waals surface area contributed by atoms with Crippen molar-refractivity contribution >= 4 is 45.8 Å². The molecule has 3 amide bonds. The highest BCUT2D eigenvalue weighted by molar-refractivity contribution is 7.13. The van der Waals surface area contributed by atoms with E-state index in [-0.39, 0.29) is 43.3 Å². The molecule has 2 aromatic rings. The summed E-state index contributed by atoms with van der Waals surface area (Å²) in [6, 6.07) is 6.75. The summed E-state index contributed by atoms with van der Waals surface area (Å²) in [7, 11) is 1.53. The molecule has 1 aromatic carbocycles. The molecule has 178 valence electrons. The standard InChI is InChI=1S/C23H29ClN4O4S/c1-32-12-11-28(22(31)16-7-9-17(24)10-8-16)14-21(30)27-23-26-19(15-33-23)13-20(29)25-18-5-3-2-4-6-18/h7-10,15,18H,2-6,11-14H2,1H3,(H,25,29)(H,26,27,30). The smallest absolute Gasteiger partial charge is 0.254 e. The second-order valence-corrected chi connectivity index (χ2v) is 9.29. The fourth-order valence-corrected chi connectivity index (χ4v) is 4.55. The van der Waals surface area contributed by atoms with Crippen molar-refractivity contribution in [1.29, 1.82) is 0 Å².